The fraction of sp³-hybridized carbons (Fsp3) is 0.278. The van der Waals surface area contributed by atoms with Crippen molar-refractivity contribution in [3.05, 3.63) is 59.7 Å². The minimum Gasteiger partial charge on any atom is -0.406 e. The topological polar surface area (TPSA) is 42.8 Å². The van der Waals surface area contributed by atoms with E-state index in [0.717, 1.165) is 24.4 Å². The molecule has 7 heteroatoms. The number of hydrogen-bond acceptors (Lipinski definition) is 2. The van der Waals surface area contributed by atoms with Crippen molar-refractivity contribution in [2.75, 3.05) is 18.4 Å². The predicted octanol–water partition coefficient (Wildman–Crippen LogP) is 2.16. The molecule has 0 saturated heterocycles. The molecule has 0 aliphatic carbocycles. The molecule has 2 aromatic carbocycles. The third-order valence-corrected chi connectivity index (χ3v) is 4.09. The van der Waals surface area contributed by atoms with E-state index >= 15 is 0 Å². The third-order valence-electron chi connectivity index (χ3n) is 4.09. The molecule has 0 aromatic heterocycles. The van der Waals surface area contributed by atoms with Gasteiger partial charge in [0.1, 0.15) is 12.3 Å². The maximum atomic E-state index is 12.2. The lowest BCUT2D eigenvalue weighted by atomic mass is 10.00. The Morgan fingerprint density at radius 2 is 1.76 bits per heavy atom. The summed E-state index contributed by atoms with van der Waals surface area (Å²) < 4.78 is 40.2. The zero-order valence-corrected chi connectivity index (χ0v) is 13.4. The Kier molecular flexibility index (Phi) is 4.94. The van der Waals surface area contributed by atoms with Crippen molar-refractivity contribution in [1.29, 1.82) is 0 Å². The monoisotopic (exact) mass is 351 g/mol. The highest BCUT2D eigenvalue weighted by molar-refractivity contribution is 5.91. The largest absolute Gasteiger partial charge is 0.573 e. The SMILES string of the molecule is O=C(C[NH+]1CCc2ccccc2C1)Nc1ccc(OC(F)(F)F)cc1. The molecule has 1 aliphatic rings. The molecule has 4 nitrogen and oxygen atoms in total. The van der Waals surface area contributed by atoms with E-state index in [1.54, 1.807) is 0 Å². The van der Waals surface area contributed by atoms with Crippen molar-refractivity contribution in [3.8, 4) is 5.75 Å². The fourth-order valence-electron chi connectivity index (χ4n) is 2.97. The van der Waals surface area contributed by atoms with Gasteiger partial charge in [0.15, 0.2) is 6.54 Å². The Balaban J connectivity index is 1.53. The predicted molar refractivity (Wildman–Crippen MR) is 86.3 cm³/mol. The number of halogens is 3. The van der Waals surface area contributed by atoms with Crippen LogP contribution in [0.25, 0.3) is 0 Å². The molecule has 0 saturated carbocycles. The Morgan fingerprint density at radius 3 is 2.44 bits per heavy atom. The van der Waals surface area contributed by atoms with E-state index in [4.69, 9.17) is 0 Å². The van der Waals surface area contributed by atoms with Gasteiger partial charge in [0, 0.05) is 17.7 Å². The van der Waals surface area contributed by atoms with E-state index < -0.39 is 6.36 Å². The van der Waals surface area contributed by atoms with Crippen molar-refractivity contribution >= 4 is 11.6 Å². The lowest BCUT2D eigenvalue weighted by Crippen LogP contribution is -3.12. The average molecular weight is 351 g/mol. The molecule has 132 valence electrons. The van der Waals surface area contributed by atoms with Gasteiger partial charge in [-0.15, -0.1) is 13.2 Å². The number of fused-ring (bicyclic) bond motifs is 1. The quantitative estimate of drug-likeness (QED) is 0.887. The van der Waals surface area contributed by atoms with Gasteiger partial charge in [-0.25, -0.2) is 0 Å². The highest BCUT2D eigenvalue weighted by Crippen LogP contribution is 2.23. The Hall–Kier alpha value is -2.54. The number of carbonyl (C=O) groups is 1. The number of hydrogen-bond donors (Lipinski definition) is 2. The molecule has 0 bridgehead atoms. The van der Waals surface area contributed by atoms with Gasteiger partial charge in [0.2, 0.25) is 0 Å². The van der Waals surface area contributed by atoms with E-state index in [1.165, 1.54) is 35.4 Å². The Bertz CT molecular complexity index is 745. The highest BCUT2D eigenvalue weighted by Gasteiger charge is 2.31. The molecular weight excluding hydrogens is 333 g/mol. The summed E-state index contributed by atoms with van der Waals surface area (Å²) in [6, 6.07) is 13.3. The maximum absolute atomic E-state index is 12.2. The molecule has 0 spiro atoms. The van der Waals surface area contributed by atoms with Crippen LogP contribution in [-0.2, 0) is 17.8 Å². The van der Waals surface area contributed by atoms with Crippen LogP contribution in [0.2, 0.25) is 0 Å². The summed E-state index contributed by atoms with van der Waals surface area (Å²) in [5, 5.41) is 2.71. The fourth-order valence-corrected chi connectivity index (χ4v) is 2.97. The molecule has 0 radical (unpaired) electrons. The normalized spacial score (nSPS) is 16.8. The van der Waals surface area contributed by atoms with E-state index in [9.17, 15) is 18.0 Å². The summed E-state index contributed by atoms with van der Waals surface area (Å²) >= 11 is 0. The minimum atomic E-state index is -4.72. The summed E-state index contributed by atoms with van der Waals surface area (Å²) in [6.45, 7) is 1.99. The first-order valence-corrected chi connectivity index (χ1v) is 7.95. The van der Waals surface area contributed by atoms with Crippen LogP contribution in [0.15, 0.2) is 48.5 Å². The van der Waals surface area contributed by atoms with E-state index in [1.807, 2.05) is 12.1 Å². The summed E-state index contributed by atoms with van der Waals surface area (Å²) in [4.78, 5) is 13.3. The van der Waals surface area contributed by atoms with Crippen LogP contribution in [0.5, 0.6) is 5.75 Å². The van der Waals surface area contributed by atoms with Crippen molar-refractivity contribution in [1.82, 2.24) is 0 Å². The van der Waals surface area contributed by atoms with Crippen molar-refractivity contribution < 1.29 is 27.6 Å². The van der Waals surface area contributed by atoms with Gasteiger partial charge in [0.25, 0.3) is 5.91 Å². The van der Waals surface area contributed by atoms with Crippen LogP contribution >= 0.6 is 0 Å². The maximum Gasteiger partial charge on any atom is 0.573 e. The van der Waals surface area contributed by atoms with Gasteiger partial charge in [0.05, 0.1) is 6.54 Å². The second kappa shape index (κ2) is 7.14. The van der Waals surface area contributed by atoms with E-state index in [-0.39, 0.29) is 11.7 Å². The number of anilines is 1. The van der Waals surface area contributed by atoms with Crippen LogP contribution in [0.3, 0.4) is 0 Å². The van der Waals surface area contributed by atoms with Gasteiger partial charge in [-0.1, -0.05) is 24.3 Å². The molecule has 0 fully saturated rings. The second-order valence-corrected chi connectivity index (χ2v) is 5.99. The number of carbonyl (C=O) groups excluding carboxylic acids is 1. The summed E-state index contributed by atoms with van der Waals surface area (Å²) in [5.74, 6) is -0.484. The molecule has 2 aromatic rings. The molecule has 1 heterocycles. The molecule has 1 unspecified atom stereocenters. The van der Waals surface area contributed by atoms with Gasteiger partial charge >= 0.3 is 6.36 Å². The first kappa shape index (κ1) is 17.3. The molecule has 1 aliphatic heterocycles. The Morgan fingerprint density at radius 1 is 1.08 bits per heavy atom. The Labute approximate surface area is 143 Å². The van der Waals surface area contributed by atoms with Gasteiger partial charge < -0.3 is 15.0 Å². The number of nitrogens with one attached hydrogen (secondary N) is 2. The number of benzene rings is 2. The van der Waals surface area contributed by atoms with Crippen molar-refractivity contribution in [2.45, 2.75) is 19.3 Å². The zero-order valence-electron chi connectivity index (χ0n) is 13.4. The third kappa shape index (κ3) is 4.96. The first-order valence-electron chi connectivity index (χ1n) is 7.95. The van der Waals surface area contributed by atoms with E-state index in [2.05, 4.69) is 22.2 Å². The van der Waals surface area contributed by atoms with Crippen LogP contribution < -0.4 is 15.0 Å². The van der Waals surface area contributed by atoms with Crippen molar-refractivity contribution in [3.63, 3.8) is 0 Å². The molecule has 1 atom stereocenters. The van der Waals surface area contributed by atoms with Crippen molar-refractivity contribution in [2.24, 2.45) is 0 Å². The minimum absolute atomic E-state index is 0.168. The molecule has 1 amide bonds. The number of quaternary nitrogens is 1. The number of ether oxygens (including phenoxy) is 1. The molecule has 25 heavy (non-hydrogen) atoms. The number of alkyl halides is 3. The van der Waals surface area contributed by atoms with Gasteiger partial charge in [-0.3, -0.25) is 4.79 Å². The summed E-state index contributed by atoms with van der Waals surface area (Å²) in [7, 11) is 0. The molecule has 3 rings (SSSR count). The molecular formula is C18H18F3N2O2+. The number of rotatable bonds is 4. The van der Waals surface area contributed by atoms with Crippen LogP contribution in [0.4, 0.5) is 18.9 Å². The first-order chi connectivity index (χ1) is 11.9. The molecule has 2 N–H and O–H groups in total. The lowest BCUT2D eigenvalue weighted by molar-refractivity contribution is -0.907. The standard InChI is InChI=1S/C18H17F3N2O2/c19-18(20,21)25-16-7-5-15(6-8-16)22-17(24)12-23-10-9-13-3-1-2-4-14(13)11-23/h1-8H,9-12H2,(H,22,24)/p+1. The second-order valence-electron chi connectivity index (χ2n) is 5.99. The lowest BCUT2D eigenvalue weighted by Gasteiger charge is -2.25. The number of amides is 1. The average Bonchev–Trinajstić information content (AvgIpc) is 2.55. The highest BCUT2D eigenvalue weighted by atomic mass is 19.4. The van der Waals surface area contributed by atoms with Crippen LogP contribution in [0.1, 0.15) is 11.1 Å². The summed E-state index contributed by atoms with van der Waals surface area (Å²) in [6.07, 6.45) is -3.79. The summed E-state index contributed by atoms with van der Waals surface area (Å²) in [5.41, 5.74) is 3.02. The van der Waals surface area contributed by atoms with Crippen LogP contribution in [0, 0.1) is 0 Å². The van der Waals surface area contributed by atoms with Crippen LogP contribution in [-0.4, -0.2) is 25.4 Å². The zero-order chi connectivity index (χ0) is 17.9. The van der Waals surface area contributed by atoms with Gasteiger partial charge in [-0.2, -0.15) is 0 Å². The smallest absolute Gasteiger partial charge is 0.406 e. The van der Waals surface area contributed by atoms with E-state index in [0.29, 0.717) is 12.2 Å². The van der Waals surface area contributed by atoms with Gasteiger partial charge in [-0.05, 0) is 29.8 Å².